The summed E-state index contributed by atoms with van der Waals surface area (Å²) in [5.41, 5.74) is 0. The van der Waals surface area contributed by atoms with Gasteiger partial charge < -0.3 is 4.74 Å². The van der Waals surface area contributed by atoms with E-state index in [2.05, 4.69) is 4.99 Å². The van der Waals surface area contributed by atoms with E-state index in [0.717, 1.165) is 0 Å². The first-order chi connectivity index (χ1) is 5.20. The second kappa shape index (κ2) is 3.51. The van der Waals surface area contributed by atoms with Gasteiger partial charge in [-0.05, 0) is 0 Å². The van der Waals surface area contributed by atoms with E-state index in [0.29, 0.717) is 25.5 Å². The van der Waals surface area contributed by atoms with Gasteiger partial charge in [-0.3, -0.25) is 9.79 Å². The van der Waals surface area contributed by atoms with E-state index in [-0.39, 0.29) is 11.7 Å². The Morgan fingerprint density at radius 2 is 2.45 bits per heavy atom. The highest BCUT2D eigenvalue weighted by atomic mass is 16.5. The van der Waals surface area contributed by atoms with E-state index < -0.39 is 0 Å². The van der Waals surface area contributed by atoms with Crippen LogP contribution in [0.3, 0.4) is 0 Å². The van der Waals surface area contributed by atoms with Gasteiger partial charge in [-0.2, -0.15) is 0 Å². The van der Waals surface area contributed by atoms with Crippen LogP contribution in [0.25, 0.3) is 0 Å². The molecular formula is C8H13NO2. The van der Waals surface area contributed by atoms with Crippen LogP contribution in [-0.2, 0) is 9.53 Å². The Hall–Kier alpha value is -0.860. The van der Waals surface area contributed by atoms with Gasteiger partial charge in [0.1, 0.15) is 12.4 Å². The normalized spacial score (nSPS) is 16.5. The monoisotopic (exact) mass is 155 g/mol. The first kappa shape index (κ1) is 8.24. The number of aliphatic imine (C=N–C) groups is 1. The molecule has 0 aromatic carbocycles. The molecule has 0 unspecified atom stereocenters. The zero-order chi connectivity index (χ0) is 8.27. The van der Waals surface area contributed by atoms with Crippen LogP contribution >= 0.6 is 0 Å². The zero-order valence-electron chi connectivity index (χ0n) is 6.96. The standard InChI is InChI=1S/C8H13NO2/c1-6(2)7(10)5-8-9-3-4-11-8/h6H,3-5H2,1-2H3. The number of carbonyl (C=O) groups is 1. The fourth-order valence-corrected chi connectivity index (χ4v) is 0.840. The average molecular weight is 155 g/mol. The third-order valence-electron chi connectivity index (χ3n) is 1.62. The third kappa shape index (κ3) is 2.33. The summed E-state index contributed by atoms with van der Waals surface area (Å²) in [6, 6.07) is 0. The number of carbonyl (C=O) groups excluding carboxylic acids is 1. The summed E-state index contributed by atoms with van der Waals surface area (Å²) < 4.78 is 5.10. The van der Waals surface area contributed by atoms with E-state index in [1.54, 1.807) is 0 Å². The van der Waals surface area contributed by atoms with Crippen LogP contribution in [0.15, 0.2) is 4.99 Å². The summed E-state index contributed by atoms with van der Waals surface area (Å²) in [4.78, 5) is 15.2. The minimum Gasteiger partial charge on any atom is -0.479 e. The van der Waals surface area contributed by atoms with Crippen molar-refractivity contribution in [3.8, 4) is 0 Å². The number of hydrogen-bond donors (Lipinski definition) is 0. The number of nitrogens with zero attached hydrogens (tertiary/aromatic N) is 1. The van der Waals surface area contributed by atoms with Crippen LogP contribution in [0, 0.1) is 5.92 Å². The van der Waals surface area contributed by atoms with Crippen molar-refractivity contribution in [2.75, 3.05) is 13.2 Å². The van der Waals surface area contributed by atoms with Gasteiger partial charge in [-0.15, -0.1) is 0 Å². The van der Waals surface area contributed by atoms with Crippen LogP contribution in [0.2, 0.25) is 0 Å². The lowest BCUT2D eigenvalue weighted by molar-refractivity contribution is -0.120. The maximum Gasteiger partial charge on any atom is 0.190 e. The zero-order valence-corrected chi connectivity index (χ0v) is 6.96. The summed E-state index contributed by atoms with van der Waals surface area (Å²) in [6.45, 7) is 5.12. The number of rotatable bonds is 3. The lowest BCUT2D eigenvalue weighted by atomic mass is 10.1. The van der Waals surface area contributed by atoms with Crippen LogP contribution in [0.4, 0.5) is 0 Å². The molecule has 0 bridgehead atoms. The van der Waals surface area contributed by atoms with Crippen LogP contribution in [-0.4, -0.2) is 24.8 Å². The molecule has 0 saturated carbocycles. The van der Waals surface area contributed by atoms with E-state index >= 15 is 0 Å². The molecule has 0 aromatic rings. The molecule has 0 fully saturated rings. The van der Waals surface area contributed by atoms with Crippen LogP contribution < -0.4 is 0 Å². The van der Waals surface area contributed by atoms with E-state index in [1.807, 2.05) is 13.8 Å². The largest absolute Gasteiger partial charge is 0.479 e. The molecule has 3 heteroatoms. The Morgan fingerprint density at radius 1 is 1.73 bits per heavy atom. The summed E-state index contributed by atoms with van der Waals surface area (Å²) in [6.07, 6.45) is 0.373. The number of hydrogen-bond acceptors (Lipinski definition) is 3. The topological polar surface area (TPSA) is 38.7 Å². The molecular weight excluding hydrogens is 142 g/mol. The van der Waals surface area contributed by atoms with Crippen LogP contribution in [0.5, 0.6) is 0 Å². The summed E-state index contributed by atoms with van der Waals surface area (Å²) in [5, 5.41) is 0. The molecule has 1 rings (SSSR count). The predicted octanol–water partition coefficient (Wildman–Crippen LogP) is 1.03. The minimum atomic E-state index is 0.0851. The van der Waals surface area contributed by atoms with E-state index in [1.165, 1.54) is 0 Å². The molecule has 0 radical (unpaired) electrons. The lowest BCUT2D eigenvalue weighted by Gasteiger charge is -2.02. The van der Waals surface area contributed by atoms with Gasteiger partial charge in [0.05, 0.1) is 13.0 Å². The van der Waals surface area contributed by atoms with Crippen molar-refractivity contribution in [3.05, 3.63) is 0 Å². The molecule has 11 heavy (non-hydrogen) atoms. The van der Waals surface area contributed by atoms with Gasteiger partial charge >= 0.3 is 0 Å². The van der Waals surface area contributed by atoms with Crippen molar-refractivity contribution < 1.29 is 9.53 Å². The highest BCUT2D eigenvalue weighted by Gasteiger charge is 2.14. The van der Waals surface area contributed by atoms with Crippen molar-refractivity contribution >= 4 is 11.7 Å². The Balaban J connectivity index is 2.35. The molecule has 3 nitrogen and oxygen atoms in total. The third-order valence-corrected chi connectivity index (χ3v) is 1.62. The summed E-state index contributed by atoms with van der Waals surface area (Å²) >= 11 is 0. The van der Waals surface area contributed by atoms with Crippen molar-refractivity contribution in [2.45, 2.75) is 20.3 Å². The van der Waals surface area contributed by atoms with Gasteiger partial charge in [-0.25, -0.2) is 0 Å². The molecule has 1 aliphatic heterocycles. The van der Waals surface area contributed by atoms with Crippen molar-refractivity contribution in [3.63, 3.8) is 0 Å². The second-order valence-corrected chi connectivity index (χ2v) is 2.92. The highest BCUT2D eigenvalue weighted by Crippen LogP contribution is 2.04. The Labute approximate surface area is 66.5 Å². The Morgan fingerprint density at radius 3 is 2.91 bits per heavy atom. The fourth-order valence-electron chi connectivity index (χ4n) is 0.840. The molecule has 1 aliphatic rings. The maximum atomic E-state index is 11.1. The second-order valence-electron chi connectivity index (χ2n) is 2.92. The Bertz CT molecular complexity index is 185. The number of Topliss-reactive ketones (excluding diaryl/α,β-unsaturated/α-hetero) is 1. The van der Waals surface area contributed by atoms with Crippen LogP contribution in [0.1, 0.15) is 20.3 Å². The van der Waals surface area contributed by atoms with Gasteiger partial charge in [0, 0.05) is 5.92 Å². The first-order valence-corrected chi connectivity index (χ1v) is 3.89. The minimum absolute atomic E-state index is 0.0851. The average Bonchev–Trinajstić information content (AvgIpc) is 2.39. The van der Waals surface area contributed by atoms with Gasteiger partial charge in [-0.1, -0.05) is 13.8 Å². The molecule has 0 N–H and O–H groups in total. The van der Waals surface area contributed by atoms with Crippen molar-refractivity contribution in [1.82, 2.24) is 0 Å². The Kier molecular flexibility index (Phi) is 2.63. The number of ketones is 1. The summed E-state index contributed by atoms with van der Waals surface area (Å²) in [5.74, 6) is 0.899. The molecule has 0 spiro atoms. The molecule has 62 valence electrons. The fraction of sp³-hybridized carbons (Fsp3) is 0.750. The van der Waals surface area contributed by atoms with Gasteiger partial charge in [0.15, 0.2) is 5.90 Å². The van der Waals surface area contributed by atoms with Crippen molar-refractivity contribution in [1.29, 1.82) is 0 Å². The predicted molar refractivity (Wildman–Crippen MR) is 42.7 cm³/mol. The van der Waals surface area contributed by atoms with Crippen molar-refractivity contribution in [2.24, 2.45) is 10.9 Å². The quantitative estimate of drug-likeness (QED) is 0.610. The van der Waals surface area contributed by atoms with Gasteiger partial charge in [0.2, 0.25) is 0 Å². The smallest absolute Gasteiger partial charge is 0.190 e. The molecule has 0 atom stereocenters. The molecule has 0 aliphatic carbocycles. The lowest BCUT2D eigenvalue weighted by Crippen LogP contribution is -2.13. The summed E-state index contributed by atoms with van der Waals surface area (Å²) in [7, 11) is 0. The maximum absolute atomic E-state index is 11.1. The molecule has 0 aromatic heterocycles. The SMILES string of the molecule is CC(C)C(=O)CC1=NCCO1. The molecule has 0 saturated heterocycles. The van der Waals surface area contributed by atoms with E-state index in [9.17, 15) is 4.79 Å². The molecule has 0 amide bonds. The highest BCUT2D eigenvalue weighted by molar-refractivity contribution is 5.99. The van der Waals surface area contributed by atoms with Gasteiger partial charge in [0.25, 0.3) is 0 Å². The first-order valence-electron chi connectivity index (χ1n) is 3.89. The number of ether oxygens (including phenoxy) is 1. The molecule has 1 heterocycles. The van der Waals surface area contributed by atoms with E-state index in [4.69, 9.17) is 4.74 Å².